The molecule has 1 amide bonds. The lowest BCUT2D eigenvalue weighted by molar-refractivity contribution is 0.133. The van der Waals surface area contributed by atoms with Gasteiger partial charge in [-0.3, -0.25) is 0 Å². The minimum absolute atomic E-state index is 0.313. The number of carboxylic acid groups (broad SMARTS) is 1. The van der Waals surface area contributed by atoms with E-state index < -0.39 is 6.09 Å². The van der Waals surface area contributed by atoms with Crippen molar-refractivity contribution >= 4 is 6.09 Å². The summed E-state index contributed by atoms with van der Waals surface area (Å²) in [5.41, 5.74) is 2.46. The van der Waals surface area contributed by atoms with Crippen LogP contribution in [0.5, 0.6) is 0 Å². The maximum absolute atomic E-state index is 11.2. The first-order valence-corrected chi connectivity index (χ1v) is 6.28. The van der Waals surface area contributed by atoms with E-state index in [0.29, 0.717) is 19.0 Å². The van der Waals surface area contributed by atoms with Crippen LogP contribution in [0.1, 0.15) is 23.5 Å². The van der Waals surface area contributed by atoms with Crippen LogP contribution in [0.3, 0.4) is 0 Å². The van der Waals surface area contributed by atoms with Gasteiger partial charge in [-0.25, -0.2) is 4.79 Å². The molecular formula is C14H20N2O2. The Morgan fingerprint density at radius 1 is 1.44 bits per heavy atom. The Morgan fingerprint density at radius 3 is 2.83 bits per heavy atom. The van der Waals surface area contributed by atoms with E-state index in [1.165, 1.54) is 10.5 Å². The molecule has 0 spiro atoms. The fourth-order valence-electron chi connectivity index (χ4n) is 2.52. The minimum atomic E-state index is -0.820. The normalized spacial score (nSPS) is 18.8. The summed E-state index contributed by atoms with van der Waals surface area (Å²) in [7, 11) is 4.09. The third-order valence-electron chi connectivity index (χ3n) is 3.49. The summed E-state index contributed by atoms with van der Waals surface area (Å²) in [5, 5.41) is 9.17. The van der Waals surface area contributed by atoms with Gasteiger partial charge in [0.05, 0.1) is 0 Å². The molecule has 0 saturated carbocycles. The summed E-state index contributed by atoms with van der Waals surface area (Å²) in [5.74, 6) is 0.313. The summed E-state index contributed by atoms with van der Waals surface area (Å²) in [6, 6.07) is 8.19. The van der Waals surface area contributed by atoms with Gasteiger partial charge in [-0.1, -0.05) is 24.3 Å². The molecule has 1 atom stereocenters. The van der Waals surface area contributed by atoms with Gasteiger partial charge in [0.15, 0.2) is 0 Å². The molecule has 18 heavy (non-hydrogen) atoms. The summed E-state index contributed by atoms with van der Waals surface area (Å²) in [6.07, 6.45) is 0.174. The van der Waals surface area contributed by atoms with Crippen LogP contribution < -0.4 is 0 Å². The Labute approximate surface area is 108 Å². The van der Waals surface area contributed by atoms with E-state index in [2.05, 4.69) is 11.0 Å². The zero-order chi connectivity index (χ0) is 13.1. The maximum atomic E-state index is 11.2. The Balaban J connectivity index is 2.19. The van der Waals surface area contributed by atoms with Crippen LogP contribution in [-0.2, 0) is 6.54 Å². The number of fused-ring (bicyclic) bond motifs is 1. The van der Waals surface area contributed by atoms with E-state index in [4.69, 9.17) is 0 Å². The van der Waals surface area contributed by atoms with Gasteiger partial charge >= 0.3 is 6.09 Å². The lowest BCUT2D eigenvalue weighted by Gasteiger charge is -2.33. The van der Waals surface area contributed by atoms with Gasteiger partial charge in [0.2, 0.25) is 0 Å². The molecule has 0 aromatic heterocycles. The van der Waals surface area contributed by atoms with Crippen molar-refractivity contribution in [2.24, 2.45) is 0 Å². The van der Waals surface area contributed by atoms with Crippen LogP contribution in [-0.4, -0.2) is 48.2 Å². The predicted octanol–water partition coefficient (Wildman–Crippen LogP) is 2.22. The van der Waals surface area contributed by atoms with Crippen molar-refractivity contribution in [1.29, 1.82) is 0 Å². The molecule has 98 valence electrons. The average Bonchev–Trinajstić information content (AvgIpc) is 2.35. The van der Waals surface area contributed by atoms with Crippen molar-refractivity contribution in [3.8, 4) is 0 Å². The molecule has 1 heterocycles. The molecule has 0 aliphatic carbocycles. The lowest BCUT2D eigenvalue weighted by atomic mass is 9.87. The maximum Gasteiger partial charge on any atom is 0.407 e. The molecule has 4 heteroatoms. The molecule has 1 unspecified atom stereocenters. The van der Waals surface area contributed by atoms with Crippen molar-refractivity contribution in [2.45, 2.75) is 18.9 Å². The molecule has 1 aromatic carbocycles. The third-order valence-corrected chi connectivity index (χ3v) is 3.49. The molecule has 1 aliphatic heterocycles. The van der Waals surface area contributed by atoms with E-state index in [1.807, 2.05) is 32.3 Å². The number of benzene rings is 1. The molecule has 4 nitrogen and oxygen atoms in total. The SMILES string of the molecule is CN(C)CCC1CN(C(=O)O)Cc2ccccc21. The Hall–Kier alpha value is -1.55. The van der Waals surface area contributed by atoms with E-state index in [-0.39, 0.29) is 0 Å². The van der Waals surface area contributed by atoms with Crippen LogP contribution in [0, 0.1) is 0 Å². The van der Waals surface area contributed by atoms with Crippen LogP contribution >= 0.6 is 0 Å². The Morgan fingerprint density at radius 2 is 2.17 bits per heavy atom. The van der Waals surface area contributed by atoms with Gasteiger partial charge in [0.1, 0.15) is 0 Å². The van der Waals surface area contributed by atoms with Crippen LogP contribution in [0.4, 0.5) is 4.79 Å². The van der Waals surface area contributed by atoms with Crippen molar-refractivity contribution in [3.63, 3.8) is 0 Å². The highest BCUT2D eigenvalue weighted by Gasteiger charge is 2.27. The zero-order valence-corrected chi connectivity index (χ0v) is 11.0. The second-order valence-corrected chi connectivity index (χ2v) is 5.15. The number of rotatable bonds is 3. The second-order valence-electron chi connectivity index (χ2n) is 5.15. The molecule has 2 rings (SSSR count). The lowest BCUT2D eigenvalue weighted by Crippen LogP contribution is -2.38. The van der Waals surface area contributed by atoms with E-state index in [1.54, 1.807) is 0 Å². The van der Waals surface area contributed by atoms with Crippen molar-refractivity contribution < 1.29 is 9.90 Å². The van der Waals surface area contributed by atoms with Crippen molar-refractivity contribution in [3.05, 3.63) is 35.4 Å². The number of amides is 1. The van der Waals surface area contributed by atoms with Gasteiger partial charge in [0, 0.05) is 19.0 Å². The molecule has 0 radical (unpaired) electrons. The van der Waals surface area contributed by atoms with Crippen LogP contribution in [0.15, 0.2) is 24.3 Å². The van der Waals surface area contributed by atoms with Gasteiger partial charge in [-0.05, 0) is 38.2 Å². The standard InChI is InChI=1S/C14H20N2O2/c1-15(2)8-7-12-10-16(14(17)18)9-11-5-3-4-6-13(11)12/h3-6,12H,7-10H2,1-2H3,(H,17,18). The Kier molecular flexibility index (Phi) is 3.87. The first-order valence-electron chi connectivity index (χ1n) is 6.28. The van der Waals surface area contributed by atoms with Gasteiger partial charge in [-0.15, -0.1) is 0 Å². The highest BCUT2D eigenvalue weighted by Crippen LogP contribution is 2.30. The molecular weight excluding hydrogens is 228 g/mol. The van der Waals surface area contributed by atoms with Gasteiger partial charge in [-0.2, -0.15) is 0 Å². The van der Waals surface area contributed by atoms with Crippen LogP contribution in [0.2, 0.25) is 0 Å². The van der Waals surface area contributed by atoms with Crippen LogP contribution in [0.25, 0.3) is 0 Å². The number of hydrogen-bond donors (Lipinski definition) is 1. The van der Waals surface area contributed by atoms with E-state index in [0.717, 1.165) is 18.5 Å². The number of nitrogens with zero attached hydrogens (tertiary/aromatic N) is 2. The third kappa shape index (κ3) is 2.82. The average molecular weight is 248 g/mol. The summed E-state index contributed by atoms with van der Waals surface area (Å²) >= 11 is 0. The monoisotopic (exact) mass is 248 g/mol. The fourth-order valence-corrected chi connectivity index (χ4v) is 2.52. The summed E-state index contributed by atoms with van der Waals surface area (Å²) in [4.78, 5) is 14.8. The van der Waals surface area contributed by atoms with Crippen molar-refractivity contribution in [1.82, 2.24) is 9.80 Å². The first kappa shape index (κ1) is 12.9. The Bertz CT molecular complexity index is 432. The largest absolute Gasteiger partial charge is 0.465 e. The minimum Gasteiger partial charge on any atom is -0.465 e. The van der Waals surface area contributed by atoms with Gasteiger partial charge in [0.25, 0.3) is 0 Å². The topological polar surface area (TPSA) is 43.8 Å². The quantitative estimate of drug-likeness (QED) is 0.892. The summed E-state index contributed by atoms with van der Waals surface area (Å²) < 4.78 is 0. The van der Waals surface area contributed by atoms with E-state index >= 15 is 0 Å². The van der Waals surface area contributed by atoms with Crippen molar-refractivity contribution in [2.75, 3.05) is 27.2 Å². The highest BCUT2D eigenvalue weighted by atomic mass is 16.4. The van der Waals surface area contributed by atoms with E-state index in [9.17, 15) is 9.90 Å². The number of hydrogen-bond acceptors (Lipinski definition) is 2. The zero-order valence-electron chi connectivity index (χ0n) is 11.0. The predicted molar refractivity (Wildman–Crippen MR) is 70.8 cm³/mol. The molecule has 0 bridgehead atoms. The summed E-state index contributed by atoms with van der Waals surface area (Å²) in [6.45, 7) is 2.11. The molecule has 1 aliphatic rings. The molecule has 1 aromatic rings. The number of carbonyl (C=O) groups is 1. The fraction of sp³-hybridized carbons (Fsp3) is 0.500. The first-order chi connectivity index (χ1) is 8.58. The molecule has 1 N–H and O–H groups in total. The molecule has 0 saturated heterocycles. The second kappa shape index (κ2) is 5.40. The highest BCUT2D eigenvalue weighted by molar-refractivity contribution is 5.65. The molecule has 0 fully saturated rings. The smallest absolute Gasteiger partial charge is 0.407 e. The van der Waals surface area contributed by atoms with Gasteiger partial charge < -0.3 is 14.9 Å².